The molecule has 1 aromatic heterocycles. The van der Waals surface area contributed by atoms with Crippen molar-refractivity contribution in [3.8, 4) is 0 Å². The highest BCUT2D eigenvalue weighted by molar-refractivity contribution is 7.91. The Morgan fingerprint density at radius 2 is 1.89 bits per heavy atom. The van der Waals surface area contributed by atoms with Gasteiger partial charge in [-0.1, -0.05) is 24.3 Å². The average Bonchev–Trinajstić information content (AvgIpc) is 2.81. The molecule has 0 atom stereocenters. The number of aromatic amines is 1. The molecule has 0 fully saturated rings. The van der Waals surface area contributed by atoms with Crippen molar-refractivity contribution < 1.29 is 13.5 Å². The molecule has 2 rings (SSSR count). The van der Waals surface area contributed by atoms with Gasteiger partial charge in [-0.25, -0.2) is 8.42 Å². The van der Waals surface area contributed by atoms with E-state index in [4.69, 9.17) is 5.11 Å². The highest BCUT2D eigenvalue weighted by Gasteiger charge is 2.12. The zero-order valence-corrected chi connectivity index (χ0v) is 10.3. The van der Waals surface area contributed by atoms with Crippen molar-refractivity contribution >= 4 is 15.7 Å². The maximum absolute atomic E-state index is 11.8. The Balaban J connectivity index is 2.07. The van der Waals surface area contributed by atoms with Crippen LogP contribution in [0.3, 0.4) is 0 Å². The summed E-state index contributed by atoms with van der Waals surface area (Å²) in [5.74, 6) is -0.121. The molecule has 7 heteroatoms. The largest absolute Gasteiger partial charge is 0.392 e. The first-order valence-electron chi connectivity index (χ1n) is 5.27. The van der Waals surface area contributed by atoms with Gasteiger partial charge >= 0.3 is 0 Å². The molecular formula is C11H13N3O3S. The molecule has 0 amide bonds. The standard InChI is InChI=1S/C11H13N3O3S/c15-7-9-1-3-10(4-2-9)8-18(16,17)14-11-5-12-13-6-11/h1-6,14-15H,7-8H2,(H,12,13). The van der Waals surface area contributed by atoms with Crippen molar-refractivity contribution in [3.05, 3.63) is 47.8 Å². The van der Waals surface area contributed by atoms with Gasteiger partial charge in [0.2, 0.25) is 10.0 Å². The van der Waals surface area contributed by atoms with Crippen LogP contribution in [0.15, 0.2) is 36.7 Å². The lowest BCUT2D eigenvalue weighted by Crippen LogP contribution is -2.14. The number of aliphatic hydroxyl groups is 1. The summed E-state index contributed by atoms with van der Waals surface area (Å²) in [6, 6.07) is 6.76. The average molecular weight is 267 g/mol. The zero-order valence-electron chi connectivity index (χ0n) is 9.50. The topological polar surface area (TPSA) is 95.1 Å². The van der Waals surface area contributed by atoms with E-state index in [0.29, 0.717) is 11.3 Å². The molecule has 0 saturated carbocycles. The second-order valence-corrected chi connectivity index (χ2v) is 5.55. The molecule has 0 radical (unpaired) electrons. The summed E-state index contributed by atoms with van der Waals surface area (Å²) in [4.78, 5) is 0. The smallest absolute Gasteiger partial charge is 0.237 e. The normalized spacial score (nSPS) is 11.4. The third-order valence-electron chi connectivity index (χ3n) is 2.33. The van der Waals surface area contributed by atoms with Crippen molar-refractivity contribution in [2.24, 2.45) is 0 Å². The van der Waals surface area contributed by atoms with E-state index in [1.807, 2.05) is 0 Å². The summed E-state index contributed by atoms with van der Waals surface area (Å²) in [7, 11) is -3.45. The third kappa shape index (κ3) is 3.31. The van der Waals surface area contributed by atoms with E-state index in [2.05, 4.69) is 14.9 Å². The molecular weight excluding hydrogens is 254 g/mol. The van der Waals surface area contributed by atoms with Gasteiger partial charge in [0.25, 0.3) is 0 Å². The van der Waals surface area contributed by atoms with Crippen LogP contribution in [-0.2, 0) is 22.4 Å². The number of hydrogen-bond acceptors (Lipinski definition) is 4. The summed E-state index contributed by atoms with van der Waals surface area (Å²) >= 11 is 0. The molecule has 96 valence electrons. The van der Waals surface area contributed by atoms with E-state index in [-0.39, 0.29) is 12.4 Å². The minimum atomic E-state index is -3.45. The molecule has 6 nitrogen and oxygen atoms in total. The number of nitrogens with zero attached hydrogens (tertiary/aromatic N) is 1. The van der Waals surface area contributed by atoms with Gasteiger partial charge in [0.1, 0.15) is 0 Å². The van der Waals surface area contributed by atoms with Gasteiger partial charge in [-0.3, -0.25) is 9.82 Å². The monoisotopic (exact) mass is 267 g/mol. The quantitative estimate of drug-likeness (QED) is 0.748. The van der Waals surface area contributed by atoms with Gasteiger partial charge in [-0.05, 0) is 11.1 Å². The molecule has 0 bridgehead atoms. The second kappa shape index (κ2) is 5.19. The number of benzene rings is 1. The van der Waals surface area contributed by atoms with Crippen molar-refractivity contribution in [1.29, 1.82) is 0 Å². The predicted octanol–water partition coefficient (Wildman–Crippen LogP) is 0.844. The Hall–Kier alpha value is -1.86. The molecule has 0 aliphatic heterocycles. The maximum atomic E-state index is 11.8. The summed E-state index contributed by atoms with van der Waals surface area (Å²) in [6.07, 6.45) is 2.86. The molecule has 18 heavy (non-hydrogen) atoms. The SMILES string of the molecule is O=S(=O)(Cc1ccc(CO)cc1)Nc1cn[nH]c1. The van der Waals surface area contributed by atoms with Crippen molar-refractivity contribution in [3.63, 3.8) is 0 Å². The minimum absolute atomic E-state index is 0.0553. The van der Waals surface area contributed by atoms with Gasteiger partial charge in [-0.2, -0.15) is 5.10 Å². The number of hydrogen-bond donors (Lipinski definition) is 3. The van der Waals surface area contributed by atoms with Crippen molar-refractivity contribution in [1.82, 2.24) is 10.2 Å². The fourth-order valence-corrected chi connectivity index (χ4v) is 2.66. The second-order valence-electron chi connectivity index (χ2n) is 3.82. The van der Waals surface area contributed by atoms with E-state index in [9.17, 15) is 8.42 Å². The Labute approximate surface area is 105 Å². The first kappa shape index (κ1) is 12.6. The summed E-state index contributed by atoms with van der Waals surface area (Å²) < 4.78 is 26.0. The number of sulfonamides is 1. The Kier molecular flexibility index (Phi) is 3.63. The van der Waals surface area contributed by atoms with Crippen LogP contribution >= 0.6 is 0 Å². The van der Waals surface area contributed by atoms with E-state index in [0.717, 1.165) is 5.56 Å². The number of H-pyrrole nitrogens is 1. The van der Waals surface area contributed by atoms with Gasteiger partial charge in [0, 0.05) is 6.20 Å². The highest BCUT2D eigenvalue weighted by atomic mass is 32.2. The van der Waals surface area contributed by atoms with E-state index in [1.165, 1.54) is 12.4 Å². The van der Waals surface area contributed by atoms with E-state index < -0.39 is 10.0 Å². The van der Waals surface area contributed by atoms with E-state index in [1.54, 1.807) is 24.3 Å². The van der Waals surface area contributed by atoms with Crippen LogP contribution in [0.4, 0.5) is 5.69 Å². The molecule has 1 heterocycles. The molecule has 2 aromatic rings. The molecule has 0 aliphatic rings. The molecule has 0 spiro atoms. The first-order valence-corrected chi connectivity index (χ1v) is 6.92. The van der Waals surface area contributed by atoms with Crippen LogP contribution in [0, 0.1) is 0 Å². The molecule has 0 saturated heterocycles. The van der Waals surface area contributed by atoms with Gasteiger partial charge in [0.05, 0.1) is 24.2 Å². The summed E-state index contributed by atoms with van der Waals surface area (Å²) in [6.45, 7) is -0.0553. The number of anilines is 1. The Bertz CT molecular complexity index is 591. The maximum Gasteiger partial charge on any atom is 0.237 e. The third-order valence-corrected chi connectivity index (χ3v) is 3.59. The van der Waals surface area contributed by atoms with Crippen LogP contribution in [-0.4, -0.2) is 23.7 Å². The van der Waals surface area contributed by atoms with Crippen LogP contribution < -0.4 is 4.72 Å². The summed E-state index contributed by atoms with van der Waals surface area (Å²) in [5, 5.41) is 15.1. The number of aromatic nitrogens is 2. The lowest BCUT2D eigenvalue weighted by atomic mass is 10.2. The number of nitrogens with one attached hydrogen (secondary N) is 2. The van der Waals surface area contributed by atoms with Crippen LogP contribution in [0.5, 0.6) is 0 Å². The summed E-state index contributed by atoms with van der Waals surface area (Å²) in [5.41, 5.74) is 1.81. The molecule has 0 unspecified atom stereocenters. The lowest BCUT2D eigenvalue weighted by molar-refractivity contribution is 0.282. The first-order chi connectivity index (χ1) is 8.59. The number of aliphatic hydroxyl groups excluding tert-OH is 1. The van der Waals surface area contributed by atoms with Crippen LogP contribution in [0.1, 0.15) is 11.1 Å². The van der Waals surface area contributed by atoms with Crippen molar-refractivity contribution in [2.75, 3.05) is 4.72 Å². The van der Waals surface area contributed by atoms with Crippen molar-refractivity contribution in [2.45, 2.75) is 12.4 Å². The van der Waals surface area contributed by atoms with Gasteiger partial charge in [0.15, 0.2) is 0 Å². The molecule has 0 aliphatic carbocycles. The van der Waals surface area contributed by atoms with E-state index >= 15 is 0 Å². The Morgan fingerprint density at radius 3 is 2.44 bits per heavy atom. The zero-order chi connectivity index (χ0) is 13.0. The van der Waals surface area contributed by atoms with Gasteiger partial charge < -0.3 is 5.11 Å². The fourth-order valence-electron chi connectivity index (χ4n) is 1.48. The minimum Gasteiger partial charge on any atom is -0.392 e. The highest BCUT2D eigenvalue weighted by Crippen LogP contribution is 2.11. The van der Waals surface area contributed by atoms with Crippen LogP contribution in [0.2, 0.25) is 0 Å². The predicted molar refractivity (Wildman–Crippen MR) is 67.2 cm³/mol. The van der Waals surface area contributed by atoms with Crippen LogP contribution in [0.25, 0.3) is 0 Å². The number of rotatable bonds is 5. The fraction of sp³-hybridized carbons (Fsp3) is 0.182. The van der Waals surface area contributed by atoms with Gasteiger partial charge in [-0.15, -0.1) is 0 Å². The Morgan fingerprint density at radius 1 is 1.22 bits per heavy atom. The molecule has 3 N–H and O–H groups in total. The molecule has 1 aromatic carbocycles. The lowest BCUT2D eigenvalue weighted by Gasteiger charge is -2.06.